The first kappa shape index (κ1) is 17.4. The van der Waals surface area contributed by atoms with E-state index >= 15 is 0 Å². The number of rotatable bonds is 7. The van der Waals surface area contributed by atoms with Crippen molar-refractivity contribution >= 4 is 12.0 Å². The van der Waals surface area contributed by atoms with Crippen LogP contribution in [-0.4, -0.2) is 16.1 Å². The Balaban J connectivity index is 1.64. The molecule has 0 radical (unpaired) electrons. The van der Waals surface area contributed by atoms with Crippen LogP contribution in [0.3, 0.4) is 0 Å². The van der Waals surface area contributed by atoms with Crippen LogP contribution in [0.5, 0.6) is 5.75 Å². The van der Waals surface area contributed by atoms with E-state index in [4.69, 9.17) is 9.84 Å². The zero-order chi connectivity index (χ0) is 18.2. The first-order chi connectivity index (χ1) is 12.7. The van der Waals surface area contributed by atoms with E-state index in [-0.39, 0.29) is 0 Å². The van der Waals surface area contributed by atoms with Crippen LogP contribution < -0.4 is 4.74 Å². The Labute approximate surface area is 152 Å². The summed E-state index contributed by atoms with van der Waals surface area (Å²) in [4.78, 5) is 15.2. The van der Waals surface area contributed by atoms with Crippen molar-refractivity contribution in [1.82, 2.24) is 4.98 Å². The van der Waals surface area contributed by atoms with Gasteiger partial charge in [0.25, 0.3) is 0 Å². The second-order valence-corrected chi connectivity index (χ2v) is 5.77. The van der Waals surface area contributed by atoms with Gasteiger partial charge in [0.1, 0.15) is 18.1 Å². The van der Waals surface area contributed by atoms with Gasteiger partial charge in [-0.15, -0.1) is 0 Å². The van der Waals surface area contributed by atoms with Crippen molar-refractivity contribution in [2.75, 3.05) is 0 Å². The predicted octanol–water partition coefficient (Wildman–Crippen LogP) is 4.61. The number of benzene rings is 2. The molecule has 0 aliphatic carbocycles. The number of hydrogen-bond donors (Lipinski definition) is 1. The summed E-state index contributed by atoms with van der Waals surface area (Å²) in [5, 5.41) is 8.93. The molecule has 0 fully saturated rings. The molecular weight excluding hydrogens is 326 g/mol. The molecule has 0 atom stereocenters. The van der Waals surface area contributed by atoms with E-state index in [2.05, 4.69) is 4.98 Å². The smallest absolute Gasteiger partial charge is 0.335 e. The van der Waals surface area contributed by atoms with E-state index in [9.17, 15) is 4.79 Å². The molecule has 1 aromatic heterocycles. The number of hydrogen-bond acceptors (Lipinski definition) is 3. The molecule has 4 heteroatoms. The van der Waals surface area contributed by atoms with Crippen LogP contribution in [0.4, 0.5) is 0 Å². The van der Waals surface area contributed by atoms with Gasteiger partial charge in [0, 0.05) is 6.20 Å². The Kier molecular flexibility index (Phi) is 5.78. The Bertz CT molecular complexity index is 887. The molecule has 0 saturated heterocycles. The summed E-state index contributed by atoms with van der Waals surface area (Å²) >= 11 is 0. The standard InChI is InChI=1S/C22H19NO3/c24-22(25)19-13-11-17(12-14-19)8-4-9-20-21(10-5-15-23-20)26-16-18-6-2-1-3-7-18/h1-7,9-15H,8,16H2,(H,24,25)/b9-4+. The number of allylic oxidation sites excluding steroid dienone is 1. The zero-order valence-corrected chi connectivity index (χ0v) is 14.2. The van der Waals surface area contributed by atoms with Gasteiger partial charge in [-0.3, -0.25) is 4.98 Å². The molecule has 3 rings (SSSR count). The molecule has 2 aromatic carbocycles. The number of ether oxygens (including phenoxy) is 1. The lowest BCUT2D eigenvalue weighted by Gasteiger charge is -2.08. The fourth-order valence-corrected chi connectivity index (χ4v) is 2.48. The number of aromatic nitrogens is 1. The molecule has 130 valence electrons. The molecule has 1 N–H and O–H groups in total. The van der Waals surface area contributed by atoms with E-state index in [0.717, 1.165) is 22.6 Å². The van der Waals surface area contributed by atoms with Gasteiger partial charge in [0.15, 0.2) is 0 Å². The minimum absolute atomic E-state index is 0.291. The number of pyridine rings is 1. The molecule has 0 aliphatic rings. The summed E-state index contributed by atoms with van der Waals surface area (Å²) in [5.41, 5.74) is 3.20. The molecule has 0 unspecified atom stereocenters. The lowest BCUT2D eigenvalue weighted by molar-refractivity contribution is 0.0697. The van der Waals surface area contributed by atoms with Crippen LogP contribution in [-0.2, 0) is 13.0 Å². The Morgan fingerprint density at radius 3 is 2.46 bits per heavy atom. The lowest BCUT2D eigenvalue weighted by Crippen LogP contribution is -1.98. The SMILES string of the molecule is O=C(O)c1ccc(C/C=C/c2ncccc2OCc2ccccc2)cc1. The molecular formula is C22H19NO3. The van der Waals surface area contributed by atoms with E-state index < -0.39 is 5.97 Å². The molecule has 0 amide bonds. The number of nitrogens with zero attached hydrogens (tertiary/aromatic N) is 1. The van der Waals surface area contributed by atoms with Gasteiger partial charge in [-0.2, -0.15) is 0 Å². The van der Waals surface area contributed by atoms with Crippen LogP contribution in [0.25, 0.3) is 6.08 Å². The molecule has 0 saturated carbocycles. The number of carboxylic acid groups (broad SMARTS) is 1. The fourth-order valence-electron chi connectivity index (χ4n) is 2.48. The lowest BCUT2D eigenvalue weighted by atomic mass is 10.1. The predicted molar refractivity (Wildman–Crippen MR) is 101 cm³/mol. The highest BCUT2D eigenvalue weighted by Gasteiger charge is 2.03. The third-order valence-electron chi connectivity index (χ3n) is 3.87. The summed E-state index contributed by atoms with van der Waals surface area (Å²) in [6.07, 6.45) is 6.34. The fraction of sp³-hybridized carbons (Fsp3) is 0.0909. The van der Waals surface area contributed by atoms with Gasteiger partial charge in [-0.1, -0.05) is 48.5 Å². The van der Waals surface area contributed by atoms with Crippen molar-refractivity contribution in [1.29, 1.82) is 0 Å². The highest BCUT2D eigenvalue weighted by atomic mass is 16.5. The molecule has 0 spiro atoms. The number of aromatic carboxylic acids is 1. The molecule has 26 heavy (non-hydrogen) atoms. The van der Waals surface area contributed by atoms with E-state index in [1.807, 2.05) is 66.7 Å². The maximum atomic E-state index is 10.9. The van der Waals surface area contributed by atoms with Gasteiger partial charge in [-0.05, 0) is 47.9 Å². The minimum Gasteiger partial charge on any atom is -0.487 e. The Hall–Kier alpha value is -3.40. The van der Waals surface area contributed by atoms with Crippen LogP contribution in [0, 0.1) is 0 Å². The van der Waals surface area contributed by atoms with E-state index in [1.54, 1.807) is 18.3 Å². The van der Waals surface area contributed by atoms with Gasteiger partial charge in [0.2, 0.25) is 0 Å². The van der Waals surface area contributed by atoms with Crippen LogP contribution in [0.15, 0.2) is 79.0 Å². The van der Waals surface area contributed by atoms with Crippen LogP contribution in [0.2, 0.25) is 0 Å². The van der Waals surface area contributed by atoms with Crippen molar-refractivity contribution in [3.05, 3.63) is 101 Å². The molecule has 0 bridgehead atoms. The van der Waals surface area contributed by atoms with Crippen LogP contribution in [0.1, 0.15) is 27.2 Å². The second-order valence-electron chi connectivity index (χ2n) is 5.77. The number of carbonyl (C=O) groups is 1. The van der Waals surface area contributed by atoms with E-state index in [1.165, 1.54) is 0 Å². The maximum Gasteiger partial charge on any atom is 0.335 e. The van der Waals surface area contributed by atoms with Crippen LogP contribution >= 0.6 is 0 Å². The zero-order valence-electron chi connectivity index (χ0n) is 14.2. The Morgan fingerprint density at radius 1 is 0.962 bits per heavy atom. The quantitative estimate of drug-likeness (QED) is 0.679. The summed E-state index contributed by atoms with van der Waals surface area (Å²) in [7, 11) is 0. The van der Waals surface area contributed by atoms with Gasteiger partial charge in [-0.25, -0.2) is 4.79 Å². The highest BCUT2D eigenvalue weighted by Crippen LogP contribution is 2.19. The van der Waals surface area contributed by atoms with Crippen molar-refractivity contribution in [2.45, 2.75) is 13.0 Å². The minimum atomic E-state index is -0.916. The third kappa shape index (κ3) is 4.80. The van der Waals surface area contributed by atoms with Gasteiger partial charge in [0.05, 0.1) is 5.56 Å². The summed E-state index contributed by atoms with van der Waals surface area (Å²) in [6, 6.07) is 20.6. The van der Waals surface area contributed by atoms with E-state index in [0.29, 0.717) is 18.6 Å². The third-order valence-corrected chi connectivity index (χ3v) is 3.87. The second kappa shape index (κ2) is 8.62. The monoisotopic (exact) mass is 345 g/mol. The largest absolute Gasteiger partial charge is 0.487 e. The molecule has 3 aromatic rings. The summed E-state index contributed by atoms with van der Waals surface area (Å²) in [6.45, 7) is 0.490. The molecule has 1 heterocycles. The van der Waals surface area contributed by atoms with Crippen molar-refractivity contribution in [3.8, 4) is 5.75 Å². The summed E-state index contributed by atoms with van der Waals surface area (Å²) < 4.78 is 5.89. The average Bonchev–Trinajstić information content (AvgIpc) is 2.68. The number of carboxylic acids is 1. The first-order valence-electron chi connectivity index (χ1n) is 8.33. The molecule has 0 aliphatic heterocycles. The first-order valence-corrected chi connectivity index (χ1v) is 8.33. The van der Waals surface area contributed by atoms with Gasteiger partial charge < -0.3 is 9.84 Å². The van der Waals surface area contributed by atoms with Crippen molar-refractivity contribution in [3.63, 3.8) is 0 Å². The van der Waals surface area contributed by atoms with Crippen molar-refractivity contribution in [2.24, 2.45) is 0 Å². The Morgan fingerprint density at radius 2 is 1.73 bits per heavy atom. The summed E-state index contributed by atoms with van der Waals surface area (Å²) in [5.74, 6) is -0.186. The highest BCUT2D eigenvalue weighted by molar-refractivity contribution is 5.87. The normalized spacial score (nSPS) is 10.8. The molecule has 4 nitrogen and oxygen atoms in total. The average molecular weight is 345 g/mol. The topological polar surface area (TPSA) is 59.4 Å². The van der Waals surface area contributed by atoms with Crippen molar-refractivity contribution < 1.29 is 14.6 Å². The maximum absolute atomic E-state index is 10.9. The van der Waals surface area contributed by atoms with Gasteiger partial charge >= 0.3 is 5.97 Å².